The van der Waals surface area contributed by atoms with Gasteiger partial charge in [0, 0.05) is 33.9 Å². The zero-order chi connectivity index (χ0) is 37.9. The van der Waals surface area contributed by atoms with Crippen molar-refractivity contribution in [1.82, 2.24) is 4.98 Å². The van der Waals surface area contributed by atoms with Crippen LogP contribution in [0.25, 0.3) is 42.7 Å². The fourth-order valence-electron chi connectivity index (χ4n) is 6.76. The molecule has 6 aromatic rings. The third-order valence-electron chi connectivity index (χ3n) is 10.3. The van der Waals surface area contributed by atoms with Crippen molar-refractivity contribution in [3.05, 3.63) is 112 Å². The maximum absolute atomic E-state index is 11.6. The van der Waals surface area contributed by atoms with Crippen molar-refractivity contribution >= 4 is 44.2 Å². The molecule has 0 fully saturated rings. The Kier molecular flexibility index (Phi) is 9.81. The summed E-state index contributed by atoms with van der Waals surface area (Å²) in [5.41, 5.74) is 11.8. The average molecular weight is 709 g/mol. The Hall–Kier alpha value is -4.28. The van der Waals surface area contributed by atoms with Crippen LogP contribution in [0.5, 0.6) is 5.75 Å². The topological polar surface area (TPSA) is 45.5 Å². The first-order valence-corrected chi connectivity index (χ1v) is 19.6. The molecule has 1 heterocycles. The van der Waals surface area contributed by atoms with E-state index in [4.69, 9.17) is 9.98 Å². The molecule has 52 heavy (non-hydrogen) atoms. The van der Waals surface area contributed by atoms with Gasteiger partial charge >= 0.3 is 0 Å². The number of aliphatic imine (C=N–C) groups is 1. The number of benzene rings is 5. The fourth-order valence-corrected chi connectivity index (χ4v) is 7.82. The van der Waals surface area contributed by atoms with Crippen molar-refractivity contribution in [3.63, 3.8) is 0 Å². The molecule has 0 amide bonds. The van der Waals surface area contributed by atoms with Gasteiger partial charge in [-0.2, -0.15) is 0 Å². The van der Waals surface area contributed by atoms with Gasteiger partial charge in [0.25, 0.3) is 0 Å². The van der Waals surface area contributed by atoms with E-state index >= 15 is 0 Å². The van der Waals surface area contributed by atoms with Gasteiger partial charge in [0.2, 0.25) is 0 Å². The summed E-state index contributed by atoms with van der Waals surface area (Å²) >= 11 is 1.74. The lowest BCUT2D eigenvalue weighted by molar-refractivity contribution is 0.444. The Bertz CT molecular complexity index is 2290. The molecule has 3 nitrogen and oxygen atoms in total. The van der Waals surface area contributed by atoms with Gasteiger partial charge in [0.15, 0.2) is 0 Å². The monoisotopic (exact) mass is 708 g/mol. The van der Waals surface area contributed by atoms with Gasteiger partial charge in [-0.1, -0.05) is 145 Å². The van der Waals surface area contributed by atoms with Crippen LogP contribution in [0.1, 0.15) is 135 Å². The van der Waals surface area contributed by atoms with Crippen LogP contribution in [-0.2, 0) is 16.2 Å². The smallest absolute Gasteiger partial charge is 0.128 e. The summed E-state index contributed by atoms with van der Waals surface area (Å²) in [6.45, 7) is 29.0. The van der Waals surface area contributed by atoms with Crippen LogP contribution in [0.2, 0.25) is 0 Å². The highest BCUT2D eigenvalue weighted by Crippen LogP contribution is 2.45. The molecule has 0 saturated carbocycles. The van der Waals surface area contributed by atoms with E-state index in [1.807, 2.05) is 6.21 Å². The van der Waals surface area contributed by atoms with Gasteiger partial charge in [0.1, 0.15) is 10.8 Å². The number of thiazole rings is 1. The minimum absolute atomic E-state index is 0.0302. The molecule has 0 radical (unpaired) electrons. The zero-order valence-corrected chi connectivity index (χ0v) is 34.3. The predicted octanol–water partition coefficient (Wildman–Crippen LogP) is 14.4. The van der Waals surface area contributed by atoms with E-state index in [1.54, 1.807) is 11.3 Å². The molecule has 5 aromatic carbocycles. The summed E-state index contributed by atoms with van der Waals surface area (Å²) in [5.74, 6) is 1.13. The van der Waals surface area contributed by atoms with Gasteiger partial charge in [-0.25, -0.2) is 4.98 Å². The molecule has 6 rings (SSSR count). The Morgan fingerprint density at radius 3 is 1.88 bits per heavy atom. The number of phenols is 1. The molecule has 0 atom stereocenters. The largest absolute Gasteiger partial charge is 0.507 e. The van der Waals surface area contributed by atoms with Crippen LogP contribution in [0, 0.1) is 0 Å². The van der Waals surface area contributed by atoms with Crippen molar-refractivity contribution in [2.45, 2.75) is 118 Å². The number of nitrogens with zero attached hydrogens (tertiary/aromatic N) is 2. The second-order valence-electron chi connectivity index (χ2n) is 18.2. The summed E-state index contributed by atoms with van der Waals surface area (Å²) in [6, 6.07) is 28.8. The molecule has 0 aliphatic heterocycles. The maximum Gasteiger partial charge on any atom is 0.128 e. The number of hydrogen-bond donors (Lipinski definition) is 1. The first-order chi connectivity index (χ1) is 24.2. The molecular weight excluding hydrogens is 653 g/mol. The molecule has 1 N–H and O–H groups in total. The van der Waals surface area contributed by atoms with Crippen LogP contribution < -0.4 is 0 Å². The van der Waals surface area contributed by atoms with E-state index in [0.717, 1.165) is 43.7 Å². The number of rotatable bonds is 6. The van der Waals surface area contributed by atoms with E-state index in [1.165, 1.54) is 38.1 Å². The van der Waals surface area contributed by atoms with E-state index in [-0.39, 0.29) is 22.0 Å². The second kappa shape index (κ2) is 13.6. The van der Waals surface area contributed by atoms with Gasteiger partial charge in [0.05, 0.1) is 15.9 Å². The van der Waals surface area contributed by atoms with E-state index in [2.05, 4.69) is 169 Å². The molecule has 0 aliphatic rings. The molecule has 4 heteroatoms. The van der Waals surface area contributed by atoms with Crippen LogP contribution in [0.3, 0.4) is 0 Å². The van der Waals surface area contributed by atoms with Crippen LogP contribution in [0.15, 0.2) is 83.9 Å². The number of phenolic OH excluding ortho intramolecular Hbond substituents is 1. The molecule has 0 saturated heterocycles. The lowest BCUT2D eigenvalue weighted by atomic mass is 9.79. The minimum Gasteiger partial charge on any atom is -0.507 e. The first kappa shape index (κ1) is 37.5. The van der Waals surface area contributed by atoms with Gasteiger partial charge in [-0.3, -0.25) is 4.99 Å². The van der Waals surface area contributed by atoms with Crippen molar-refractivity contribution in [3.8, 4) is 27.4 Å². The Balaban J connectivity index is 1.60. The maximum atomic E-state index is 11.6. The first-order valence-electron chi connectivity index (χ1n) is 18.8. The van der Waals surface area contributed by atoms with Crippen molar-refractivity contribution in [2.75, 3.05) is 0 Å². The van der Waals surface area contributed by atoms with Gasteiger partial charge in [-0.15, -0.1) is 11.3 Å². The molecule has 0 unspecified atom stereocenters. The Morgan fingerprint density at radius 2 is 1.29 bits per heavy atom. The molecular formula is C48H56N2OS. The lowest BCUT2D eigenvalue weighted by Crippen LogP contribution is -2.17. The number of hydrogen-bond acceptors (Lipinski definition) is 4. The summed E-state index contributed by atoms with van der Waals surface area (Å²) < 4.78 is 1.17. The molecule has 270 valence electrons. The highest BCUT2D eigenvalue weighted by Gasteiger charge is 2.25. The zero-order valence-electron chi connectivity index (χ0n) is 33.5. The van der Waals surface area contributed by atoms with Crippen molar-refractivity contribution < 1.29 is 5.11 Å². The summed E-state index contributed by atoms with van der Waals surface area (Å²) in [7, 11) is 0. The number of aromatic nitrogens is 1. The lowest BCUT2D eigenvalue weighted by Gasteiger charge is -2.27. The van der Waals surface area contributed by atoms with E-state index < -0.39 is 0 Å². The Labute approximate surface area is 315 Å². The molecule has 0 spiro atoms. The average Bonchev–Trinajstić information content (AvgIpc) is 3.49. The fraction of sp³-hybridized carbons (Fsp3) is 0.375. The molecule has 0 bridgehead atoms. The second-order valence-corrected chi connectivity index (χ2v) is 19.3. The normalized spacial score (nSPS) is 13.1. The quantitative estimate of drug-likeness (QED) is 0.175. The Morgan fingerprint density at radius 1 is 0.673 bits per heavy atom. The summed E-state index contributed by atoms with van der Waals surface area (Å²) in [5, 5.41) is 14.7. The number of aromatic hydroxyl groups is 1. The highest BCUT2D eigenvalue weighted by atomic mass is 32.1. The minimum atomic E-state index is -0.228. The standard InChI is InChI=1S/C48H56N2OS/c1-28(2)31-20-32(29(3)4)22-33(21-31)39-24-36(47(8,9)10)26-41-43(39)50-45(52-41)38-19-18-30-16-14-15-17-37(30)42(38)49-27-34-23-35(46(5,6)7)25-40(44(34)51)48(11,12)13/h14-29,51H,1-13H3. The van der Waals surface area contributed by atoms with Crippen LogP contribution in [0.4, 0.5) is 5.69 Å². The number of fused-ring (bicyclic) bond motifs is 2. The third-order valence-corrected chi connectivity index (χ3v) is 11.3. The van der Waals surface area contributed by atoms with E-state index in [9.17, 15) is 5.11 Å². The SMILES string of the molecule is CC(C)c1cc(-c2cc(C(C)(C)C)cc3sc(-c4ccc5ccccc5c4N=Cc4cc(C(C)(C)C)cc(C(C)(C)C)c4O)nc23)cc(C(C)C)c1. The van der Waals surface area contributed by atoms with E-state index in [0.29, 0.717) is 11.8 Å². The summed E-state index contributed by atoms with van der Waals surface area (Å²) in [4.78, 5) is 10.7. The highest BCUT2D eigenvalue weighted by molar-refractivity contribution is 7.21. The third kappa shape index (κ3) is 7.46. The van der Waals surface area contributed by atoms with Gasteiger partial charge in [-0.05, 0) is 85.5 Å². The van der Waals surface area contributed by atoms with Crippen LogP contribution >= 0.6 is 11.3 Å². The molecule has 0 aliphatic carbocycles. The van der Waals surface area contributed by atoms with Crippen molar-refractivity contribution in [1.29, 1.82) is 0 Å². The summed E-state index contributed by atoms with van der Waals surface area (Å²) in [6.07, 6.45) is 1.85. The van der Waals surface area contributed by atoms with Crippen molar-refractivity contribution in [2.24, 2.45) is 4.99 Å². The van der Waals surface area contributed by atoms with Crippen LogP contribution in [-0.4, -0.2) is 16.3 Å². The predicted molar refractivity (Wildman–Crippen MR) is 228 cm³/mol. The van der Waals surface area contributed by atoms with Gasteiger partial charge < -0.3 is 5.11 Å². The molecule has 1 aromatic heterocycles.